The lowest BCUT2D eigenvalue weighted by molar-refractivity contribution is -0.113. The Morgan fingerprint density at radius 1 is 1.11 bits per heavy atom. The number of carbonyl (C=O) groups is 1. The molecule has 0 unspecified atom stereocenters. The normalized spacial score (nSPS) is 11.4. The van der Waals surface area contributed by atoms with Crippen LogP contribution >= 0.6 is 34.9 Å². The number of anilines is 1. The summed E-state index contributed by atoms with van der Waals surface area (Å²) >= 11 is 4.14. The molecule has 5 aromatic rings. The van der Waals surface area contributed by atoms with Crippen molar-refractivity contribution in [3.63, 3.8) is 0 Å². The molecule has 1 amide bonds. The van der Waals surface area contributed by atoms with Gasteiger partial charge in [0.25, 0.3) is 5.56 Å². The molecule has 3 heterocycles. The van der Waals surface area contributed by atoms with Crippen molar-refractivity contribution in [3.05, 3.63) is 63.9 Å². The number of hydrogen-bond donors (Lipinski definition) is 2. The summed E-state index contributed by atoms with van der Waals surface area (Å²) in [5.74, 6) is 0.719. The first-order valence-corrected chi connectivity index (χ1v) is 13.7. The lowest BCUT2D eigenvalue weighted by atomic mass is 10.1. The quantitative estimate of drug-likeness (QED) is 0.172. The second kappa shape index (κ2) is 9.84. The summed E-state index contributed by atoms with van der Waals surface area (Å²) in [4.78, 5) is 34.5. The largest absolute Gasteiger partial charge is 0.349 e. The van der Waals surface area contributed by atoms with E-state index in [1.165, 1.54) is 23.1 Å². The van der Waals surface area contributed by atoms with Crippen LogP contribution in [0.3, 0.4) is 0 Å². The van der Waals surface area contributed by atoms with Gasteiger partial charge in [0.2, 0.25) is 11.0 Å². The average Bonchev–Trinajstić information content (AvgIpc) is 3.42. The zero-order chi connectivity index (χ0) is 24.5. The molecule has 0 saturated heterocycles. The summed E-state index contributed by atoms with van der Waals surface area (Å²) in [5.41, 5.74) is 4.46. The molecule has 0 aliphatic heterocycles. The molecule has 2 aromatic carbocycles. The minimum absolute atomic E-state index is 0.0704. The molecule has 5 rings (SSSR count). The summed E-state index contributed by atoms with van der Waals surface area (Å²) in [6.07, 6.45) is 0. The van der Waals surface area contributed by atoms with E-state index < -0.39 is 0 Å². The van der Waals surface area contributed by atoms with Crippen molar-refractivity contribution in [1.29, 1.82) is 0 Å². The first-order chi connectivity index (χ1) is 16.9. The monoisotopic (exact) mass is 522 g/mol. The number of nitrogens with one attached hydrogen (secondary N) is 2. The summed E-state index contributed by atoms with van der Waals surface area (Å²) in [6, 6.07) is 13.6. The van der Waals surface area contributed by atoms with E-state index in [0.717, 1.165) is 32.1 Å². The molecule has 0 fully saturated rings. The number of nitrogens with zero attached hydrogens (tertiary/aromatic N) is 4. The Labute approximate surface area is 213 Å². The fraction of sp³-hybridized carbons (Fsp3) is 0.208. The second-order valence-electron chi connectivity index (χ2n) is 7.92. The van der Waals surface area contributed by atoms with Gasteiger partial charge in [-0.1, -0.05) is 66.0 Å². The number of aromatic amines is 1. The lowest BCUT2D eigenvalue weighted by Gasteiger charge is -2.13. The standard InChI is InChI=1S/C24H22N6O2S3/c1-4-33-24-29-28-22(35-24)26-18(31)12-34-23-27-19-16-7-5-6-8-17(16)25-20(19)21(32)30(23)15-10-13(2)9-14(3)11-15/h5-11,25H,4,12H2,1-3H3,(H,26,28,31). The van der Waals surface area contributed by atoms with Crippen molar-refractivity contribution in [2.45, 2.75) is 30.3 Å². The number of hydrogen-bond acceptors (Lipinski definition) is 8. The van der Waals surface area contributed by atoms with Crippen molar-refractivity contribution >= 4 is 67.8 Å². The van der Waals surface area contributed by atoms with E-state index in [1.54, 1.807) is 16.3 Å². The number of para-hydroxylation sites is 1. The lowest BCUT2D eigenvalue weighted by Crippen LogP contribution is -2.23. The summed E-state index contributed by atoms with van der Waals surface area (Å²) in [5, 5.41) is 12.7. The highest BCUT2D eigenvalue weighted by molar-refractivity contribution is 8.01. The molecule has 0 atom stereocenters. The smallest absolute Gasteiger partial charge is 0.283 e. The first-order valence-electron chi connectivity index (χ1n) is 10.9. The number of aryl methyl sites for hydroxylation is 2. The van der Waals surface area contributed by atoms with Crippen LogP contribution in [0.1, 0.15) is 18.1 Å². The predicted molar refractivity (Wildman–Crippen MR) is 144 cm³/mol. The molecular weight excluding hydrogens is 501 g/mol. The number of fused-ring (bicyclic) bond motifs is 3. The van der Waals surface area contributed by atoms with Crippen LogP contribution in [0.4, 0.5) is 5.13 Å². The molecule has 0 radical (unpaired) electrons. The predicted octanol–water partition coefficient (Wildman–Crippen LogP) is 5.18. The third-order valence-corrected chi connectivity index (χ3v) is 8.00. The molecule has 178 valence electrons. The third kappa shape index (κ3) is 4.84. The Bertz CT molecular complexity index is 1600. The van der Waals surface area contributed by atoms with E-state index in [1.807, 2.05) is 57.2 Å². The van der Waals surface area contributed by atoms with Crippen molar-refractivity contribution in [1.82, 2.24) is 24.7 Å². The zero-order valence-corrected chi connectivity index (χ0v) is 21.7. The Morgan fingerprint density at radius 2 is 1.89 bits per heavy atom. The Kier molecular flexibility index (Phi) is 6.63. The number of H-pyrrole nitrogens is 1. The maximum Gasteiger partial charge on any atom is 0.283 e. The van der Waals surface area contributed by atoms with Crippen molar-refractivity contribution in [2.75, 3.05) is 16.8 Å². The number of aromatic nitrogens is 5. The number of thioether (sulfide) groups is 2. The number of benzene rings is 2. The second-order valence-corrected chi connectivity index (χ2v) is 11.3. The van der Waals surface area contributed by atoms with Crippen LogP contribution in [0.15, 0.2) is 56.8 Å². The molecule has 0 aliphatic carbocycles. The fourth-order valence-corrected chi connectivity index (χ4v) is 6.34. The third-order valence-electron chi connectivity index (χ3n) is 5.21. The van der Waals surface area contributed by atoms with Gasteiger partial charge in [0, 0.05) is 10.9 Å². The van der Waals surface area contributed by atoms with Crippen LogP contribution in [0, 0.1) is 13.8 Å². The molecular formula is C24H22N6O2S3. The van der Waals surface area contributed by atoms with E-state index in [2.05, 4.69) is 26.6 Å². The molecule has 0 spiro atoms. The van der Waals surface area contributed by atoms with E-state index in [-0.39, 0.29) is 17.2 Å². The van der Waals surface area contributed by atoms with Gasteiger partial charge in [0.05, 0.1) is 11.4 Å². The molecule has 35 heavy (non-hydrogen) atoms. The molecule has 3 aromatic heterocycles. The molecule has 0 saturated carbocycles. The van der Waals surface area contributed by atoms with Crippen LogP contribution in [-0.4, -0.2) is 42.1 Å². The van der Waals surface area contributed by atoms with Crippen LogP contribution in [0.2, 0.25) is 0 Å². The SMILES string of the molecule is CCSc1nnc(NC(=O)CSc2nc3c([nH]c4ccccc43)c(=O)n2-c2cc(C)cc(C)c2)s1. The van der Waals surface area contributed by atoms with Gasteiger partial charge < -0.3 is 4.98 Å². The van der Waals surface area contributed by atoms with Gasteiger partial charge in [-0.05, 0) is 48.9 Å². The van der Waals surface area contributed by atoms with Crippen LogP contribution in [0.25, 0.3) is 27.6 Å². The van der Waals surface area contributed by atoms with Gasteiger partial charge in [0.15, 0.2) is 9.50 Å². The van der Waals surface area contributed by atoms with Gasteiger partial charge in [-0.2, -0.15) is 0 Å². The highest BCUT2D eigenvalue weighted by Gasteiger charge is 2.19. The number of rotatable bonds is 7. The maximum atomic E-state index is 13.7. The van der Waals surface area contributed by atoms with Crippen molar-refractivity contribution in [3.8, 4) is 5.69 Å². The average molecular weight is 523 g/mol. The van der Waals surface area contributed by atoms with Gasteiger partial charge in [-0.25, -0.2) is 4.98 Å². The van der Waals surface area contributed by atoms with Crippen LogP contribution < -0.4 is 10.9 Å². The first kappa shape index (κ1) is 23.6. The Balaban J connectivity index is 1.53. The van der Waals surface area contributed by atoms with Crippen molar-refractivity contribution in [2.24, 2.45) is 0 Å². The van der Waals surface area contributed by atoms with Crippen LogP contribution in [-0.2, 0) is 4.79 Å². The number of carbonyl (C=O) groups excluding carboxylic acids is 1. The van der Waals surface area contributed by atoms with E-state index >= 15 is 0 Å². The van der Waals surface area contributed by atoms with Gasteiger partial charge in [-0.3, -0.25) is 19.5 Å². The Hall–Kier alpha value is -3.15. The van der Waals surface area contributed by atoms with Gasteiger partial charge >= 0.3 is 0 Å². The molecule has 0 bridgehead atoms. The van der Waals surface area contributed by atoms with E-state index in [4.69, 9.17) is 4.98 Å². The summed E-state index contributed by atoms with van der Waals surface area (Å²) in [7, 11) is 0. The molecule has 11 heteroatoms. The maximum absolute atomic E-state index is 13.7. The number of amides is 1. The molecule has 8 nitrogen and oxygen atoms in total. The Morgan fingerprint density at radius 3 is 2.66 bits per heavy atom. The van der Waals surface area contributed by atoms with Gasteiger partial charge in [0.1, 0.15) is 11.0 Å². The highest BCUT2D eigenvalue weighted by Crippen LogP contribution is 2.28. The van der Waals surface area contributed by atoms with E-state index in [0.29, 0.717) is 27.0 Å². The molecule has 2 N–H and O–H groups in total. The minimum Gasteiger partial charge on any atom is -0.349 e. The molecule has 0 aliphatic rings. The summed E-state index contributed by atoms with van der Waals surface area (Å²) in [6.45, 7) is 6.02. The van der Waals surface area contributed by atoms with Gasteiger partial charge in [-0.15, -0.1) is 10.2 Å². The topological polar surface area (TPSA) is 106 Å². The van der Waals surface area contributed by atoms with Crippen molar-refractivity contribution < 1.29 is 4.79 Å². The van der Waals surface area contributed by atoms with Crippen LogP contribution in [0.5, 0.6) is 0 Å². The van der Waals surface area contributed by atoms with E-state index in [9.17, 15) is 9.59 Å². The minimum atomic E-state index is -0.237. The zero-order valence-electron chi connectivity index (χ0n) is 19.3. The highest BCUT2D eigenvalue weighted by atomic mass is 32.2. The fourth-order valence-electron chi connectivity index (χ4n) is 3.87. The summed E-state index contributed by atoms with van der Waals surface area (Å²) < 4.78 is 2.39.